The molecule has 0 bridgehead atoms. The number of amides is 2. The maximum Gasteiger partial charge on any atom is 0.321 e. The lowest BCUT2D eigenvalue weighted by Gasteiger charge is -2.24. The Labute approximate surface area is 137 Å². The van der Waals surface area contributed by atoms with Crippen molar-refractivity contribution in [3.8, 4) is 0 Å². The number of hydrogen-bond acceptors (Lipinski definition) is 2. The Kier molecular flexibility index (Phi) is 4.81. The van der Waals surface area contributed by atoms with Gasteiger partial charge in [-0.3, -0.25) is 0 Å². The smallest absolute Gasteiger partial charge is 0.321 e. The Morgan fingerprint density at radius 2 is 1.70 bits per heavy atom. The summed E-state index contributed by atoms with van der Waals surface area (Å²) in [5, 5.41) is 2.92. The molecule has 1 N–H and O–H groups in total. The summed E-state index contributed by atoms with van der Waals surface area (Å²) in [4.78, 5) is 16.5. The Morgan fingerprint density at radius 3 is 2.43 bits per heavy atom. The number of urea groups is 1. The predicted octanol–water partition coefficient (Wildman–Crippen LogP) is 3.95. The molecule has 2 aromatic carbocycles. The minimum absolute atomic E-state index is 0.0903. The first-order valence-electron chi connectivity index (χ1n) is 8.14. The van der Waals surface area contributed by atoms with Crippen LogP contribution in [0.15, 0.2) is 54.6 Å². The van der Waals surface area contributed by atoms with Gasteiger partial charge < -0.3 is 15.1 Å². The molecule has 1 heterocycles. The molecule has 0 spiro atoms. The van der Waals surface area contributed by atoms with Gasteiger partial charge in [0.1, 0.15) is 0 Å². The molecule has 0 saturated carbocycles. The van der Waals surface area contributed by atoms with Crippen LogP contribution < -0.4 is 10.2 Å². The van der Waals surface area contributed by atoms with E-state index in [9.17, 15) is 4.79 Å². The molecular formula is C19H23N3O. The van der Waals surface area contributed by atoms with Gasteiger partial charge in [-0.05, 0) is 36.6 Å². The van der Waals surface area contributed by atoms with Gasteiger partial charge in [-0.2, -0.15) is 0 Å². The second-order valence-corrected chi connectivity index (χ2v) is 5.98. The topological polar surface area (TPSA) is 35.6 Å². The highest BCUT2D eigenvalue weighted by Crippen LogP contribution is 2.25. The zero-order chi connectivity index (χ0) is 16.1. The molecule has 2 amide bonds. The molecular weight excluding hydrogens is 286 g/mol. The van der Waals surface area contributed by atoms with Crippen LogP contribution in [0.5, 0.6) is 0 Å². The van der Waals surface area contributed by atoms with Crippen LogP contribution in [0.3, 0.4) is 0 Å². The first kappa shape index (κ1) is 15.4. The lowest BCUT2D eigenvalue weighted by atomic mass is 10.1. The van der Waals surface area contributed by atoms with E-state index in [0.717, 1.165) is 18.8 Å². The number of rotatable bonds is 4. The fourth-order valence-electron chi connectivity index (χ4n) is 2.98. The zero-order valence-corrected chi connectivity index (χ0v) is 13.5. The molecule has 1 aliphatic heterocycles. The number of hydrogen-bond donors (Lipinski definition) is 1. The summed E-state index contributed by atoms with van der Waals surface area (Å²) in [6, 6.07) is 17.8. The number of nitrogens with zero attached hydrogens (tertiary/aromatic N) is 2. The lowest BCUT2D eigenvalue weighted by molar-refractivity contribution is 0.220. The molecule has 23 heavy (non-hydrogen) atoms. The van der Waals surface area contributed by atoms with Gasteiger partial charge in [0.05, 0.1) is 0 Å². The van der Waals surface area contributed by atoms with E-state index in [1.54, 1.807) is 4.90 Å². The fourth-order valence-corrected chi connectivity index (χ4v) is 2.98. The van der Waals surface area contributed by atoms with Crippen molar-refractivity contribution < 1.29 is 4.79 Å². The number of carbonyl (C=O) groups excluding carboxylic acids is 1. The van der Waals surface area contributed by atoms with Crippen LogP contribution in [0, 0.1) is 0 Å². The summed E-state index contributed by atoms with van der Waals surface area (Å²) < 4.78 is 0. The number of carbonyl (C=O) groups is 1. The lowest BCUT2D eigenvalue weighted by Crippen LogP contribution is -2.31. The average molecular weight is 309 g/mol. The standard InChI is InChI=1S/C19H23N3O/c1-21(19(23)20-17-10-3-2-4-11-17)15-16-9-5-6-12-18(16)22-13-7-8-14-22/h2-6,9-12H,7-8,13-15H2,1H3,(H,20,23). The van der Waals surface area contributed by atoms with Gasteiger partial charge in [0.25, 0.3) is 0 Å². The van der Waals surface area contributed by atoms with Crippen molar-refractivity contribution in [3.63, 3.8) is 0 Å². The maximum atomic E-state index is 12.4. The predicted molar refractivity (Wildman–Crippen MR) is 94.8 cm³/mol. The van der Waals surface area contributed by atoms with E-state index >= 15 is 0 Å². The monoisotopic (exact) mass is 309 g/mol. The molecule has 120 valence electrons. The Morgan fingerprint density at radius 1 is 1.04 bits per heavy atom. The van der Waals surface area contributed by atoms with E-state index < -0.39 is 0 Å². The molecule has 0 aliphatic carbocycles. The van der Waals surface area contributed by atoms with Gasteiger partial charge in [0.15, 0.2) is 0 Å². The first-order chi connectivity index (χ1) is 11.2. The SMILES string of the molecule is CN(Cc1ccccc1N1CCCC1)C(=O)Nc1ccccc1. The summed E-state index contributed by atoms with van der Waals surface area (Å²) in [5.74, 6) is 0. The molecule has 1 fully saturated rings. The van der Waals surface area contributed by atoms with Crippen molar-refractivity contribution >= 4 is 17.4 Å². The molecule has 3 rings (SSSR count). The summed E-state index contributed by atoms with van der Waals surface area (Å²) in [6.45, 7) is 2.82. The molecule has 0 unspecified atom stereocenters. The van der Waals surface area contributed by atoms with E-state index in [-0.39, 0.29) is 6.03 Å². The number of anilines is 2. The van der Waals surface area contributed by atoms with Gasteiger partial charge >= 0.3 is 6.03 Å². The molecule has 4 nitrogen and oxygen atoms in total. The highest BCUT2D eigenvalue weighted by atomic mass is 16.2. The van der Waals surface area contributed by atoms with Crippen LogP contribution in [0.25, 0.3) is 0 Å². The third-order valence-electron chi connectivity index (χ3n) is 4.22. The van der Waals surface area contributed by atoms with Gasteiger partial charge in [0.2, 0.25) is 0 Å². The van der Waals surface area contributed by atoms with Crippen LogP contribution in [-0.4, -0.2) is 31.1 Å². The van der Waals surface area contributed by atoms with Gasteiger partial charge in [-0.1, -0.05) is 36.4 Å². The third-order valence-corrected chi connectivity index (χ3v) is 4.22. The number of para-hydroxylation sites is 2. The summed E-state index contributed by atoms with van der Waals surface area (Å²) in [5.41, 5.74) is 3.27. The Bertz CT molecular complexity index is 651. The summed E-state index contributed by atoms with van der Waals surface area (Å²) in [7, 11) is 1.83. The van der Waals surface area contributed by atoms with E-state index in [4.69, 9.17) is 0 Å². The van der Waals surface area contributed by atoms with Crippen LogP contribution in [0.2, 0.25) is 0 Å². The van der Waals surface area contributed by atoms with Crippen LogP contribution >= 0.6 is 0 Å². The van der Waals surface area contributed by atoms with E-state index in [2.05, 4.69) is 28.4 Å². The van der Waals surface area contributed by atoms with Gasteiger partial charge in [-0.25, -0.2) is 4.79 Å². The van der Waals surface area contributed by atoms with E-state index in [1.165, 1.54) is 24.1 Å². The van der Waals surface area contributed by atoms with Crippen molar-refractivity contribution in [1.29, 1.82) is 0 Å². The first-order valence-corrected chi connectivity index (χ1v) is 8.14. The number of benzene rings is 2. The molecule has 0 radical (unpaired) electrons. The maximum absolute atomic E-state index is 12.4. The van der Waals surface area contributed by atoms with Crippen LogP contribution in [0.4, 0.5) is 16.2 Å². The molecule has 2 aromatic rings. The van der Waals surface area contributed by atoms with Crippen LogP contribution in [0.1, 0.15) is 18.4 Å². The summed E-state index contributed by atoms with van der Waals surface area (Å²) in [6.07, 6.45) is 2.50. The summed E-state index contributed by atoms with van der Waals surface area (Å²) >= 11 is 0. The molecule has 1 aliphatic rings. The highest BCUT2D eigenvalue weighted by molar-refractivity contribution is 5.89. The minimum Gasteiger partial charge on any atom is -0.371 e. The largest absolute Gasteiger partial charge is 0.371 e. The molecule has 1 saturated heterocycles. The Balaban J connectivity index is 1.67. The fraction of sp³-hybridized carbons (Fsp3) is 0.316. The van der Waals surface area contributed by atoms with E-state index in [0.29, 0.717) is 6.54 Å². The third kappa shape index (κ3) is 3.83. The molecule has 0 atom stereocenters. The quantitative estimate of drug-likeness (QED) is 0.928. The molecule has 0 aromatic heterocycles. The zero-order valence-electron chi connectivity index (χ0n) is 13.5. The second kappa shape index (κ2) is 7.18. The van der Waals surface area contributed by atoms with Crippen LogP contribution in [-0.2, 0) is 6.54 Å². The number of nitrogens with one attached hydrogen (secondary N) is 1. The Hall–Kier alpha value is -2.49. The normalized spacial score (nSPS) is 13.9. The van der Waals surface area contributed by atoms with Crippen molar-refractivity contribution in [2.45, 2.75) is 19.4 Å². The van der Waals surface area contributed by atoms with E-state index in [1.807, 2.05) is 43.4 Å². The van der Waals surface area contributed by atoms with Gasteiger partial charge in [-0.15, -0.1) is 0 Å². The average Bonchev–Trinajstić information content (AvgIpc) is 3.10. The van der Waals surface area contributed by atoms with Crippen molar-refractivity contribution in [2.75, 3.05) is 30.4 Å². The van der Waals surface area contributed by atoms with Crippen molar-refractivity contribution in [2.24, 2.45) is 0 Å². The second-order valence-electron chi connectivity index (χ2n) is 5.98. The van der Waals surface area contributed by atoms with Crippen molar-refractivity contribution in [3.05, 3.63) is 60.2 Å². The molecule has 4 heteroatoms. The minimum atomic E-state index is -0.0903. The highest BCUT2D eigenvalue weighted by Gasteiger charge is 2.17. The van der Waals surface area contributed by atoms with Crippen molar-refractivity contribution in [1.82, 2.24) is 4.90 Å². The van der Waals surface area contributed by atoms with Gasteiger partial charge in [0, 0.05) is 38.1 Å².